The van der Waals surface area contributed by atoms with Gasteiger partial charge in [0.05, 0.1) is 12.7 Å². The van der Waals surface area contributed by atoms with E-state index in [0.717, 1.165) is 17.7 Å². The van der Waals surface area contributed by atoms with Crippen LogP contribution in [0.15, 0.2) is 48.5 Å². The average molecular weight is 358 g/mol. The number of amides is 2. The number of benzene rings is 2. The highest BCUT2D eigenvalue weighted by molar-refractivity contribution is 5.94. The lowest BCUT2D eigenvalue weighted by Gasteiger charge is -2.21. The predicted molar refractivity (Wildman–Crippen MR) is 101 cm³/mol. The van der Waals surface area contributed by atoms with Crippen LogP contribution in [0.4, 0.5) is 15.8 Å². The van der Waals surface area contributed by atoms with Gasteiger partial charge in [-0.05, 0) is 37.1 Å². The van der Waals surface area contributed by atoms with E-state index in [4.69, 9.17) is 0 Å². The summed E-state index contributed by atoms with van der Waals surface area (Å²) in [6.07, 6.45) is 0.820. The van der Waals surface area contributed by atoms with Crippen LogP contribution in [0.25, 0.3) is 0 Å². The van der Waals surface area contributed by atoms with Gasteiger partial charge in [0.25, 0.3) is 11.8 Å². The van der Waals surface area contributed by atoms with Crippen molar-refractivity contribution in [3.63, 3.8) is 0 Å². The second-order valence-electron chi connectivity index (χ2n) is 6.27. The van der Waals surface area contributed by atoms with Crippen LogP contribution in [0.3, 0.4) is 0 Å². The number of nitrogens with one attached hydrogen (secondary N) is 3. The van der Waals surface area contributed by atoms with Crippen molar-refractivity contribution in [2.45, 2.75) is 26.3 Å². The largest absolute Gasteiger partial charge is 0.321 e. The summed E-state index contributed by atoms with van der Waals surface area (Å²) in [5.41, 5.74) is 1.98. The van der Waals surface area contributed by atoms with Crippen LogP contribution in [0.1, 0.15) is 19.4 Å². The summed E-state index contributed by atoms with van der Waals surface area (Å²) in [4.78, 5) is 25.3. The standard InChI is InChI=1S/C20H24FN3O2/c1-4-15-9-5-7-11-17(15)22-19(25)13-24(3)14(2)20(26)23-18-12-8-6-10-16(18)21/h5-12,14H,4,13H2,1-3H3,(H,22,25)(H,23,26)/p+1/t14-/m1/s1. The molecule has 0 fully saturated rings. The highest BCUT2D eigenvalue weighted by Crippen LogP contribution is 2.15. The zero-order valence-corrected chi connectivity index (χ0v) is 15.3. The van der Waals surface area contributed by atoms with Gasteiger partial charge < -0.3 is 15.5 Å². The molecule has 0 saturated heterocycles. The number of aryl methyl sites for hydroxylation is 1. The molecule has 2 aromatic carbocycles. The normalized spacial score (nSPS) is 12.9. The quantitative estimate of drug-likeness (QED) is 0.708. The molecule has 0 spiro atoms. The van der Waals surface area contributed by atoms with Gasteiger partial charge in [0.2, 0.25) is 0 Å². The molecule has 0 aliphatic heterocycles. The van der Waals surface area contributed by atoms with E-state index in [1.54, 1.807) is 26.1 Å². The van der Waals surface area contributed by atoms with Gasteiger partial charge in [-0.2, -0.15) is 0 Å². The van der Waals surface area contributed by atoms with Crippen molar-refractivity contribution in [2.75, 3.05) is 24.2 Å². The molecule has 26 heavy (non-hydrogen) atoms. The average Bonchev–Trinajstić information content (AvgIpc) is 2.63. The van der Waals surface area contributed by atoms with Gasteiger partial charge in [-0.25, -0.2) is 4.39 Å². The zero-order chi connectivity index (χ0) is 19.1. The second-order valence-corrected chi connectivity index (χ2v) is 6.27. The first kappa shape index (κ1) is 19.6. The minimum atomic E-state index is -0.512. The van der Waals surface area contributed by atoms with Crippen molar-refractivity contribution in [3.05, 3.63) is 59.9 Å². The lowest BCUT2D eigenvalue weighted by molar-refractivity contribution is -0.885. The van der Waals surface area contributed by atoms with Crippen LogP contribution in [-0.2, 0) is 16.0 Å². The highest BCUT2D eigenvalue weighted by atomic mass is 19.1. The van der Waals surface area contributed by atoms with Crippen molar-refractivity contribution in [1.29, 1.82) is 0 Å². The maximum absolute atomic E-state index is 13.7. The van der Waals surface area contributed by atoms with Crippen molar-refractivity contribution >= 4 is 23.2 Å². The molecule has 6 heteroatoms. The van der Waals surface area contributed by atoms with Crippen LogP contribution in [0.2, 0.25) is 0 Å². The molecule has 0 aliphatic carbocycles. The molecule has 2 amide bonds. The lowest BCUT2D eigenvalue weighted by Crippen LogP contribution is -3.14. The molecule has 0 saturated carbocycles. The summed E-state index contributed by atoms with van der Waals surface area (Å²) in [5.74, 6) is -0.997. The minimum absolute atomic E-state index is 0.129. The van der Waals surface area contributed by atoms with Crippen molar-refractivity contribution < 1.29 is 18.9 Å². The van der Waals surface area contributed by atoms with E-state index in [1.165, 1.54) is 12.1 Å². The van der Waals surface area contributed by atoms with Crippen LogP contribution in [0, 0.1) is 5.82 Å². The topological polar surface area (TPSA) is 62.6 Å². The first-order valence-electron chi connectivity index (χ1n) is 8.67. The van der Waals surface area contributed by atoms with Gasteiger partial charge in [0, 0.05) is 5.69 Å². The third-order valence-corrected chi connectivity index (χ3v) is 4.38. The number of rotatable bonds is 7. The fourth-order valence-corrected chi connectivity index (χ4v) is 2.58. The third kappa shape index (κ3) is 5.13. The number of anilines is 2. The van der Waals surface area contributed by atoms with E-state index in [1.807, 2.05) is 31.2 Å². The van der Waals surface area contributed by atoms with Gasteiger partial charge in [0.15, 0.2) is 12.6 Å². The Balaban J connectivity index is 1.93. The van der Waals surface area contributed by atoms with E-state index in [9.17, 15) is 14.0 Å². The predicted octanol–water partition coefficient (Wildman–Crippen LogP) is 1.87. The van der Waals surface area contributed by atoms with Crippen molar-refractivity contribution in [1.82, 2.24) is 0 Å². The molecule has 5 nitrogen and oxygen atoms in total. The summed E-state index contributed by atoms with van der Waals surface area (Å²) in [5, 5.41) is 5.46. The summed E-state index contributed by atoms with van der Waals surface area (Å²) < 4.78 is 13.7. The van der Waals surface area contributed by atoms with Crippen molar-refractivity contribution in [3.8, 4) is 0 Å². The monoisotopic (exact) mass is 358 g/mol. The van der Waals surface area contributed by atoms with E-state index in [0.29, 0.717) is 4.90 Å². The summed E-state index contributed by atoms with van der Waals surface area (Å²) in [6, 6.07) is 13.1. The molecular formula is C20H25FN3O2+. The summed E-state index contributed by atoms with van der Waals surface area (Å²) in [7, 11) is 1.76. The SMILES string of the molecule is CCc1ccccc1NC(=O)C[NH+](C)[C@H](C)C(=O)Nc1ccccc1F. The van der Waals surface area contributed by atoms with Crippen LogP contribution in [0.5, 0.6) is 0 Å². The maximum Gasteiger partial charge on any atom is 0.282 e. The molecule has 0 radical (unpaired) electrons. The first-order valence-corrected chi connectivity index (χ1v) is 8.67. The number of carbonyl (C=O) groups is 2. The van der Waals surface area contributed by atoms with Gasteiger partial charge in [0.1, 0.15) is 5.82 Å². The molecule has 2 atom stereocenters. The Morgan fingerprint density at radius 1 is 1.04 bits per heavy atom. The smallest absolute Gasteiger partial charge is 0.282 e. The Morgan fingerprint density at radius 2 is 1.65 bits per heavy atom. The molecule has 0 bridgehead atoms. The Hall–Kier alpha value is -2.73. The third-order valence-electron chi connectivity index (χ3n) is 4.38. The number of hydrogen-bond donors (Lipinski definition) is 3. The van der Waals surface area contributed by atoms with Gasteiger partial charge in [-0.15, -0.1) is 0 Å². The van der Waals surface area contributed by atoms with E-state index < -0.39 is 11.9 Å². The number of halogens is 1. The Kier molecular flexibility index (Phi) is 6.86. The molecule has 1 unspecified atom stereocenters. The maximum atomic E-state index is 13.7. The Bertz CT molecular complexity index is 779. The Labute approximate surface area is 153 Å². The fourth-order valence-electron chi connectivity index (χ4n) is 2.58. The van der Waals surface area contributed by atoms with Crippen molar-refractivity contribution in [2.24, 2.45) is 0 Å². The van der Waals surface area contributed by atoms with Gasteiger partial charge in [-0.1, -0.05) is 37.3 Å². The summed E-state index contributed by atoms with van der Waals surface area (Å²) in [6.45, 7) is 3.86. The van der Waals surface area contributed by atoms with Gasteiger partial charge in [-0.3, -0.25) is 9.59 Å². The highest BCUT2D eigenvalue weighted by Gasteiger charge is 2.24. The number of hydrogen-bond acceptors (Lipinski definition) is 2. The van der Waals surface area contributed by atoms with Crippen LogP contribution in [-0.4, -0.2) is 31.4 Å². The zero-order valence-electron chi connectivity index (χ0n) is 15.3. The molecular weight excluding hydrogens is 333 g/mol. The first-order chi connectivity index (χ1) is 12.4. The number of para-hydroxylation sites is 2. The number of likely N-dealkylation sites (N-methyl/N-ethyl adjacent to an activating group) is 1. The van der Waals surface area contributed by atoms with Crippen LogP contribution < -0.4 is 15.5 Å². The minimum Gasteiger partial charge on any atom is -0.321 e. The van der Waals surface area contributed by atoms with Crippen LogP contribution >= 0.6 is 0 Å². The molecule has 0 aliphatic rings. The second kappa shape index (κ2) is 9.10. The fraction of sp³-hybridized carbons (Fsp3) is 0.300. The molecule has 3 N–H and O–H groups in total. The lowest BCUT2D eigenvalue weighted by atomic mass is 10.1. The van der Waals surface area contributed by atoms with E-state index >= 15 is 0 Å². The Morgan fingerprint density at radius 3 is 2.31 bits per heavy atom. The molecule has 138 valence electrons. The molecule has 0 aromatic heterocycles. The molecule has 2 rings (SSSR count). The molecule has 0 heterocycles. The number of quaternary nitrogens is 1. The van der Waals surface area contributed by atoms with E-state index in [2.05, 4.69) is 10.6 Å². The molecule has 2 aromatic rings. The van der Waals surface area contributed by atoms with E-state index in [-0.39, 0.29) is 24.0 Å². The van der Waals surface area contributed by atoms with Gasteiger partial charge >= 0.3 is 0 Å². The summed E-state index contributed by atoms with van der Waals surface area (Å²) >= 11 is 0. The number of carbonyl (C=O) groups excluding carboxylic acids is 2.